The molecule has 1 aromatic heterocycles. The second-order valence-electron chi connectivity index (χ2n) is 4.51. The zero-order valence-corrected chi connectivity index (χ0v) is 11.3. The lowest BCUT2D eigenvalue weighted by Gasteiger charge is -2.33. The van der Waals surface area contributed by atoms with Gasteiger partial charge in [-0.25, -0.2) is 10.8 Å². The van der Waals surface area contributed by atoms with E-state index < -0.39 is 5.54 Å². The molecule has 4 N–H and O–H groups in total. The smallest absolute Gasteiger partial charge is 0.274 e. The molecule has 1 rings (SSSR count). The maximum absolute atomic E-state index is 12.2. The van der Waals surface area contributed by atoms with Gasteiger partial charge in [0.1, 0.15) is 11.5 Å². The van der Waals surface area contributed by atoms with Crippen molar-refractivity contribution < 1.29 is 9.90 Å². The van der Waals surface area contributed by atoms with Crippen molar-refractivity contribution in [1.29, 1.82) is 0 Å². The lowest BCUT2D eigenvalue weighted by atomic mass is 10.0. The number of pyridine rings is 1. The van der Waals surface area contributed by atoms with Crippen molar-refractivity contribution in [3.63, 3.8) is 0 Å². The number of nitrogens with zero attached hydrogens (tertiary/aromatic N) is 2. The molecule has 0 atom stereocenters. The molecule has 100 valence electrons. The van der Waals surface area contributed by atoms with Crippen LogP contribution in [0.4, 0.5) is 5.82 Å². The van der Waals surface area contributed by atoms with Crippen molar-refractivity contribution in [2.75, 3.05) is 19.1 Å². The number of amides is 1. The first-order valence-corrected chi connectivity index (χ1v) is 5.73. The van der Waals surface area contributed by atoms with Gasteiger partial charge in [0.2, 0.25) is 0 Å². The quantitative estimate of drug-likeness (QED) is 0.559. The van der Waals surface area contributed by atoms with Crippen LogP contribution >= 0.6 is 11.6 Å². The molecule has 0 saturated carbocycles. The number of carbonyl (C=O) groups excluding carboxylic acids is 1. The molecular formula is C11H17ClN4O2. The van der Waals surface area contributed by atoms with Crippen molar-refractivity contribution in [2.45, 2.75) is 19.4 Å². The third-order valence-electron chi connectivity index (χ3n) is 2.80. The summed E-state index contributed by atoms with van der Waals surface area (Å²) in [6.45, 7) is 3.31. The van der Waals surface area contributed by atoms with E-state index in [0.717, 1.165) is 0 Å². The number of halogens is 1. The molecule has 1 amide bonds. The van der Waals surface area contributed by atoms with Crippen LogP contribution < -0.4 is 11.3 Å². The van der Waals surface area contributed by atoms with E-state index in [1.165, 1.54) is 11.0 Å². The molecule has 6 nitrogen and oxygen atoms in total. The highest BCUT2D eigenvalue weighted by atomic mass is 35.5. The monoisotopic (exact) mass is 272 g/mol. The van der Waals surface area contributed by atoms with Crippen LogP contribution in [0.15, 0.2) is 12.1 Å². The average Bonchev–Trinajstić information content (AvgIpc) is 2.37. The van der Waals surface area contributed by atoms with Crippen molar-refractivity contribution in [3.05, 3.63) is 22.8 Å². The Morgan fingerprint density at radius 1 is 1.61 bits per heavy atom. The number of hydrazine groups is 1. The number of carbonyl (C=O) groups is 1. The maximum atomic E-state index is 12.2. The van der Waals surface area contributed by atoms with E-state index in [1.54, 1.807) is 27.0 Å². The zero-order valence-electron chi connectivity index (χ0n) is 10.6. The minimum atomic E-state index is -0.700. The first kappa shape index (κ1) is 14.7. The number of nitrogens with two attached hydrogens (primary N) is 1. The lowest BCUT2D eigenvalue weighted by molar-refractivity contribution is 0.0468. The number of hydrogen-bond donors (Lipinski definition) is 3. The topological polar surface area (TPSA) is 91.5 Å². The minimum absolute atomic E-state index is 0.0936. The summed E-state index contributed by atoms with van der Waals surface area (Å²) in [6.07, 6.45) is 0. The van der Waals surface area contributed by atoms with Gasteiger partial charge in [0.05, 0.1) is 17.2 Å². The van der Waals surface area contributed by atoms with E-state index in [9.17, 15) is 9.90 Å². The number of likely N-dealkylation sites (N-methyl/N-ethyl adjacent to an activating group) is 1. The van der Waals surface area contributed by atoms with E-state index in [4.69, 9.17) is 17.4 Å². The van der Waals surface area contributed by atoms with Crippen LogP contribution in [0.1, 0.15) is 24.3 Å². The van der Waals surface area contributed by atoms with Crippen LogP contribution in [-0.2, 0) is 0 Å². The molecule has 0 saturated heterocycles. The first-order valence-electron chi connectivity index (χ1n) is 5.35. The summed E-state index contributed by atoms with van der Waals surface area (Å²) in [7, 11) is 1.58. The molecule has 1 heterocycles. The molecule has 0 unspecified atom stereocenters. The van der Waals surface area contributed by atoms with Crippen LogP contribution in [0, 0.1) is 0 Å². The molecule has 7 heteroatoms. The highest BCUT2D eigenvalue weighted by molar-refractivity contribution is 6.33. The highest BCUT2D eigenvalue weighted by Crippen LogP contribution is 2.21. The molecule has 1 aromatic rings. The van der Waals surface area contributed by atoms with Crippen LogP contribution in [0.3, 0.4) is 0 Å². The summed E-state index contributed by atoms with van der Waals surface area (Å²) >= 11 is 5.94. The standard InChI is InChI=1S/C11H17ClN4O2/c1-11(2,6-17)16(3)10(18)9-7(12)4-5-8(14-9)15-13/h4-5,17H,6,13H2,1-3H3,(H,14,15). The normalized spacial score (nSPS) is 11.2. The summed E-state index contributed by atoms with van der Waals surface area (Å²) in [4.78, 5) is 17.6. The largest absolute Gasteiger partial charge is 0.394 e. The van der Waals surface area contributed by atoms with E-state index in [2.05, 4.69) is 10.4 Å². The number of aromatic nitrogens is 1. The van der Waals surface area contributed by atoms with Gasteiger partial charge in [-0.15, -0.1) is 0 Å². The number of nitrogens with one attached hydrogen (secondary N) is 1. The molecule has 0 radical (unpaired) electrons. The number of hydrogen-bond acceptors (Lipinski definition) is 5. The highest BCUT2D eigenvalue weighted by Gasteiger charge is 2.29. The summed E-state index contributed by atoms with van der Waals surface area (Å²) in [5.74, 6) is 5.20. The van der Waals surface area contributed by atoms with Crippen molar-refractivity contribution in [1.82, 2.24) is 9.88 Å². The minimum Gasteiger partial charge on any atom is -0.394 e. The number of rotatable bonds is 4. The number of nitrogen functional groups attached to an aromatic ring is 1. The molecule has 0 aromatic carbocycles. The molecule has 0 aliphatic carbocycles. The summed E-state index contributed by atoms with van der Waals surface area (Å²) < 4.78 is 0. The number of anilines is 1. The van der Waals surface area contributed by atoms with Gasteiger partial charge in [0.15, 0.2) is 0 Å². The van der Waals surface area contributed by atoms with Crippen LogP contribution in [-0.4, -0.2) is 40.1 Å². The van der Waals surface area contributed by atoms with Gasteiger partial charge in [0.25, 0.3) is 5.91 Å². The lowest BCUT2D eigenvalue weighted by Crippen LogP contribution is -2.48. The molecule has 0 spiro atoms. The van der Waals surface area contributed by atoms with Gasteiger partial charge in [-0.2, -0.15) is 0 Å². The summed E-state index contributed by atoms with van der Waals surface area (Å²) in [6, 6.07) is 3.10. The Bertz CT molecular complexity index is 451. The second kappa shape index (κ2) is 5.51. The van der Waals surface area contributed by atoms with Gasteiger partial charge >= 0.3 is 0 Å². The SMILES string of the molecule is CN(C(=O)c1nc(NN)ccc1Cl)C(C)(C)CO. The maximum Gasteiger partial charge on any atom is 0.274 e. The average molecular weight is 273 g/mol. The molecule has 0 bridgehead atoms. The van der Waals surface area contributed by atoms with Gasteiger partial charge < -0.3 is 15.4 Å². The van der Waals surface area contributed by atoms with Gasteiger partial charge in [-0.05, 0) is 26.0 Å². The Balaban J connectivity index is 3.11. The molecule has 0 aliphatic rings. The second-order valence-corrected chi connectivity index (χ2v) is 4.91. The molecule has 0 aliphatic heterocycles. The summed E-state index contributed by atoms with van der Waals surface area (Å²) in [5.41, 5.74) is 1.74. The molecule has 18 heavy (non-hydrogen) atoms. The van der Waals surface area contributed by atoms with Gasteiger partial charge in [-0.3, -0.25) is 4.79 Å². The Labute approximate surface area is 111 Å². The fraction of sp³-hybridized carbons (Fsp3) is 0.455. The van der Waals surface area contributed by atoms with E-state index in [1.807, 2.05) is 0 Å². The van der Waals surface area contributed by atoms with E-state index in [-0.39, 0.29) is 23.2 Å². The van der Waals surface area contributed by atoms with Gasteiger partial charge in [0, 0.05) is 7.05 Å². The Morgan fingerprint density at radius 2 is 2.22 bits per heavy atom. The Kier molecular flexibility index (Phi) is 4.50. The predicted molar refractivity (Wildman–Crippen MR) is 70.3 cm³/mol. The van der Waals surface area contributed by atoms with Crippen LogP contribution in [0.25, 0.3) is 0 Å². The number of aliphatic hydroxyl groups is 1. The fourth-order valence-electron chi connectivity index (χ4n) is 1.21. The van der Waals surface area contributed by atoms with Gasteiger partial charge in [-0.1, -0.05) is 11.6 Å². The predicted octanol–water partition coefficient (Wildman–Crippen LogP) is 0.863. The zero-order chi connectivity index (χ0) is 13.9. The van der Waals surface area contributed by atoms with E-state index >= 15 is 0 Å². The Morgan fingerprint density at radius 3 is 2.72 bits per heavy atom. The van der Waals surface area contributed by atoms with Crippen LogP contribution in [0.5, 0.6) is 0 Å². The first-order chi connectivity index (χ1) is 8.33. The molecule has 0 fully saturated rings. The van der Waals surface area contributed by atoms with Crippen molar-refractivity contribution in [3.8, 4) is 0 Å². The summed E-state index contributed by atoms with van der Waals surface area (Å²) in [5, 5.41) is 9.49. The third kappa shape index (κ3) is 2.90. The van der Waals surface area contributed by atoms with Crippen LogP contribution in [0.2, 0.25) is 5.02 Å². The van der Waals surface area contributed by atoms with Crippen molar-refractivity contribution >= 4 is 23.3 Å². The van der Waals surface area contributed by atoms with E-state index in [0.29, 0.717) is 5.82 Å². The van der Waals surface area contributed by atoms with Crippen molar-refractivity contribution in [2.24, 2.45) is 5.84 Å². The fourth-order valence-corrected chi connectivity index (χ4v) is 1.40. The Hall–Kier alpha value is -1.37. The third-order valence-corrected chi connectivity index (χ3v) is 3.10. The number of aliphatic hydroxyl groups excluding tert-OH is 1. The molecular weight excluding hydrogens is 256 g/mol.